The van der Waals surface area contributed by atoms with E-state index in [9.17, 15) is 9.90 Å². The first-order valence-electron chi connectivity index (χ1n) is 7.09. The first-order valence-corrected chi connectivity index (χ1v) is 7.09. The summed E-state index contributed by atoms with van der Waals surface area (Å²) in [6.07, 6.45) is 0.520. The molecule has 1 fully saturated rings. The molecule has 0 aliphatic carbocycles. The summed E-state index contributed by atoms with van der Waals surface area (Å²) in [5, 5.41) is 12.4. The fraction of sp³-hybridized carbons (Fsp3) is 0.533. The van der Waals surface area contributed by atoms with Crippen LogP contribution in [0.15, 0.2) is 24.3 Å². The van der Waals surface area contributed by atoms with Crippen molar-refractivity contribution in [1.82, 2.24) is 9.80 Å². The van der Waals surface area contributed by atoms with E-state index >= 15 is 0 Å². The largest absolute Gasteiger partial charge is 0.389 e. The van der Waals surface area contributed by atoms with Gasteiger partial charge in [0.15, 0.2) is 0 Å². The van der Waals surface area contributed by atoms with E-state index in [1.54, 1.807) is 6.92 Å². The van der Waals surface area contributed by atoms with Crippen molar-refractivity contribution in [3.63, 3.8) is 0 Å². The highest BCUT2D eigenvalue weighted by molar-refractivity contribution is 5.89. The minimum Gasteiger partial charge on any atom is -0.389 e. The Morgan fingerprint density at radius 3 is 2.55 bits per heavy atom. The molecule has 20 heavy (non-hydrogen) atoms. The molecule has 2 amide bonds. The van der Waals surface area contributed by atoms with Crippen molar-refractivity contribution in [3.05, 3.63) is 29.8 Å². The molecule has 1 heterocycles. The van der Waals surface area contributed by atoms with E-state index in [1.807, 2.05) is 29.2 Å². The number of nitrogens with one attached hydrogen (secondary N) is 1. The van der Waals surface area contributed by atoms with E-state index < -0.39 is 6.10 Å². The second-order valence-electron chi connectivity index (χ2n) is 5.37. The highest BCUT2D eigenvalue weighted by Gasteiger charge is 2.17. The second kappa shape index (κ2) is 6.72. The fourth-order valence-corrected chi connectivity index (χ4v) is 2.30. The van der Waals surface area contributed by atoms with Crippen LogP contribution in [0.3, 0.4) is 0 Å². The van der Waals surface area contributed by atoms with Crippen molar-refractivity contribution in [2.24, 2.45) is 0 Å². The molecule has 1 aromatic rings. The van der Waals surface area contributed by atoms with E-state index in [0.29, 0.717) is 0 Å². The number of rotatable bonds is 2. The van der Waals surface area contributed by atoms with Crippen LogP contribution in [0.1, 0.15) is 25.0 Å². The van der Waals surface area contributed by atoms with Crippen LogP contribution < -0.4 is 5.32 Å². The topological polar surface area (TPSA) is 55.8 Å². The average molecular weight is 277 g/mol. The van der Waals surface area contributed by atoms with Gasteiger partial charge in [-0.25, -0.2) is 4.79 Å². The Morgan fingerprint density at radius 2 is 1.90 bits per heavy atom. The number of anilines is 1. The van der Waals surface area contributed by atoms with Crippen molar-refractivity contribution < 1.29 is 9.90 Å². The maximum Gasteiger partial charge on any atom is 0.321 e. The third kappa shape index (κ3) is 3.95. The summed E-state index contributed by atoms with van der Waals surface area (Å²) in [5.74, 6) is 0. The molecule has 0 radical (unpaired) electrons. The van der Waals surface area contributed by atoms with Gasteiger partial charge in [0.2, 0.25) is 0 Å². The lowest BCUT2D eigenvalue weighted by molar-refractivity contribution is 0.199. The van der Waals surface area contributed by atoms with Crippen molar-refractivity contribution in [3.8, 4) is 0 Å². The highest BCUT2D eigenvalue weighted by Crippen LogP contribution is 2.16. The molecule has 0 spiro atoms. The van der Waals surface area contributed by atoms with E-state index in [1.165, 1.54) is 0 Å². The number of hydrogen-bond acceptors (Lipinski definition) is 3. The quantitative estimate of drug-likeness (QED) is 0.868. The standard InChI is InChI=1S/C15H23N3O2/c1-12(19)13-4-6-14(7-5-13)16-15(20)18-9-3-8-17(2)10-11-18/h4-7,12,19H,3,8-11H2,1-2H3,(H,16,20). The normalized spacial score (nSPS) is 18.4. The summed E-state index contributed by atoms with van der Waals surface area (Å²) >= 11 is 0. The van der Waals surface area contributed by atoms with Crippen LogP contribution in [-0.2, 0) is 0 Å². The maximum absolute atomic E-state index is 12.2. The molecule has 2 N–H and O–H groups in total. The van der Waals surface area contributed by atoms with Gasteiger partial charge in [0.1, 0.15) is 0 Å². The molecule has 1 aliphatic rings. The molecular formula is C15H23N3O2. The van der Waals surface area contributed by atoms with Gasteiger partial charge in [-0.2, -0.15) is 0 Å². The summed E-state index contributed by atoms with van der Waals surface area (Å²) in [4.78, 5) is 16.3. The number of likely N-dealkylation sites (N-methyl/N-ethyl adjacent to an activating group) is 1. The Kier molecular flexibility index (Phi) is 4.98. The Labute approximate surface area is 120 Å². The lowest BCUT2D eigenvalue weighted by Crippen LogP contribution is -2.37. The molecule has 1 saturated heterocycles. The van der Waals surface area contributed by atoms with E-state index in [-0.39, 0.29) is 6.03 Å². The minimum absolute atomic E-state index is 0.0508. The van der Waals surface area contributed by atoms with Crippen LogP contribution in [-0.4, -0.2) is 54.2 Å². The average Bonchev–Trinajstić information content (AvgIpc) is 2.64. The Bertz CT molecular complexity index is 445. The summed E-state index contributed by atoms with van der Waals surface area (Å²) in [5.41, 5.74) is 1.61. The van der Waals surface area contributed by atoms with Crippen molar-refractivity contribution in [1.29, 1.82) is 0 Å². The van der Waals surface area contributed by atoms with Gasteiger partial charge in [0.05, 0.1) is 6.10 Å². The predicted molar refractivity (Wildman–Crippen MR) is 79.8 cm³/mol. The number of carbonyl (C=O) groups is 1. The van der Waals surface area contributed by atoms with Crippen LogP contribution in [0.5, 0.6) is 0 Å². The van der Waals surface area contributed by atoms with Crippen LogP contribution >= 0.6 is 0 Å². The van der Waals surface area contributed by atoms with Gasteiger partial charge in [0, 0.05) is 25.3 Å². The molecule has 1 aliphatic heterocycles. The molecular weight excluding hydrogens is 254 g/mol. The summed E-state index contributed by atoms with van der Waals surface area (Å²) in [6.45, 7) is 5.22. The van der Waals surface area contributed by atoms with Gasteiger partial charge in [-0.3, -0.25) is 0 Å². The Morgan fingerprint density at radius 1 is 1.20 bits per heavy atom. The number of urea groups is 1. The van der Waals surface area contributed by atoms with Crippen LogP contribution in [0.4, 0.5) is 10.5 Å². The molecule has 2 rings (SSSR count). The van der Waals surface area contributed by atoms with Crippen molar-refractivity contribution in [2.45, 2.75) is 19.4 Å². The molecule has 1 unspecified atom stereocenters. The molecule has 0 aromatic heterocycles. The Hall–Kier alpha value is -1.59. The number of nitrogens with zero attached hydrogens (tertiary/aromatic N) is 2. The number of hydrogen-bond donors (Lipinski definition) is 2. The Balaban J connectivity index is 1.93. The van der Waals surface area contributed by atoms with Crippen LogP contribution in [0.25, 0.3) is 0 Å². The van der Waals surface area contributed by atoms with Crippen LogP contribution in [0.2, 0.25) is 0 Å². The number of aliphatic hydroxyl groups excluding tert-OH is 1. The number of benzene rings is 1. The molecule has 0 saturated carbocycles. The molecule has 1 atom stereocenters. The van der Waals surface area contributed by atoms with Crippen molar-refractivity contribution in [2.75, 3.05) is 38.5 Å². The second-order valence-corrected chi connectivity index (χ2v) is 5.37. The third-order valence-corrected chi connectivity index (χ3v) is 3.65. The molecule has 5 heteroatoms. The summed E-state index contributed by atoms with van der Waals surface area (Å²) in [7, 11) is 2.08. The summed E-state index contributed by atoms with van der Waals surface area (Å²) in [6, 6.07) is 7.26. The predicted octanol–water partition coefficient (Wildman–Crippen LogP) is 1.91. The van der Waals surface area contributed by atoms with Gasteiger partial charge < -0.3 is 20.2 Å². The SMILES string of the molecule is CC(O)c1ccc(NC(=O)N2CCCN(C)CC2)cc1. The van der Waals surface area contributed by atoms with Crippen LogP contribution in [0, 0.1) is 0 Å². The molecule has 0 bridgehead atoms. The molecule has 5 nitrogen and oxygen atoms in total. The van der Waals surface area contributed by atoms with Gasteiger partial charge in [-0.15, -0.1) is 0 Å². The highest BCUT2D eigenvalue weighted by atomic mass is 16.3. The van der Waals surface area contributed by atoms with Gasteiger partial charge >= 0.3 is 6.03 Å². The number of aliphatic hydroxyl groups is 1. The van der Waals surface area contributed by atoms with Gasteiger partial charge in [-0.1, -0.05) is 12.1 Å². The number of carbonyl (C=O) groups excluding carboxylic acids is 1. The monoisotopic (exact) mass is 277 g/mol. The maximum atomic E-state index is 12.2. The zero-order valence-electron chi connectivity index (χ0n) is 12.2. The minimum atomic E-state index is -0.485. The first kappa shape index (κ1) is 14.8. The fourth-order valence-electron chi connectivity index (χ4n) is 2.30. The molecule has 1 aromatic carbocycles. The number of amides is 2. The van der Waals surface area contributed by atoms with Crippen molar-refractivity contribution >= 4 is 11.7 Å². The molecule has 110 valence electrons. The first-order chi connectivity index (χ1) is 9.56. The smallest absolute Gasteiger partial charge is 0.321 e. The third-order valence-electron chi connectivity index (χ3n) is 3.65. The zero-order valence-corrected chi connectivity index (χ0v) is 12.2. The van der Waals surface area contributed by atoms with Gasteiger partial charge in [0.25, 0.3) is 0 Å². The zero-order chi connectivity index (χ0) is 14.5. The lowest BCUT2D eigenvalue weighted by Gasteiger charge is -2.21. The van der Waals surface area contributed by atoms with Gasteiger partial charge in [-0.05, 0) is 44.6 Å². The van der Waals surface area contributed by atoms with E-state index in [0.717, 1.165) is 43.9 Å². The lowest BCUT2D eigenvalue weighted by atomic mass is 10.1. The van der Waals surface area contributed by atoms with E-state index in [4.69, 9.17) is 0 Å². The summed E-state index contributed by atoms with van der Waals surface area (Å²) < 4.78 is 0. The van der Waals surface area contributed by atoms with E-state index in [2.05, 4.69) is 17.3 Å².